The van der Waals surface area contributed by atoms with E-state index >= 15 is 0 Å². The van der Waals surface area contributed by atoms with Gasteiger partial charge < -0.3 is 5.73 Å². The lowest BCUT2D eigenvalue weighted by molar-refractivity contribution is 0.549. The SMILES string of the molecule is CCCn1ncc(Cl)c1C(C)CN. The van der Waals surface area contributed by atoms with Crippen LogP contribution in [0.25, 0.3) is 0 Å². The number of nitrogens with zero attached hydrogens (tertiary/aromatic N) is 2. The second-order valence-electron chi connectivity index (χ2n) is 3.24. The first-order chi connectivity index (χ1) is 6.20. The Morgan fingerprint density at radius 1 is 1.69 bits per heavy atom. The van der Waals surface area contributed by atoms with Crippen LogP contribution in [0, 0.1) is 0 Å². The van der Waals surface area contributed by atoms with Crippen LogP contribution in [-0.2, 0) is 6.54 Å². The molecule has 0 bridgehead atoms. The van der Waals surface area contributed by atoms with Gasteiger partial charge in [0.05, 0.1) is 16.9 Å². The lowest BCUT2D eigenvalue weighted by atomic mass is 10.1. The zero-order valence-corrected chi connectivity index (χ0v) is 8.88. The van der Waals surface area contributed by atoms with E-state index in [0.29, 0.717) is 6.54 Å². The van der Waals surface area contributed by atoms with Gasteiger partial charge in [0.25, 0.3) is 0 Å². The van der Waals surface area contributed by atoms with Gasteiger partial charge in [-0.15, -0.1) is 0 Å². The quantitative estimate of drug-likeness (QED) is 0.810. The fraction of sp³-hybridized carbons (Fsp3) is 0.667. The molecule has 0 aliphatic carbocycles. The van der Waals surface area contributed by atoms with Crippen LogP contribution in [0.1, 0.15) is 31.9 Å². The summed E-state index contributed by atoms with van der Waals surface area (Å²) in [5.41, 5.74) is 6.66. The van der Waals surface area contributed by atoms with Crippen LogP contribution in [0.4, 0.5) is 0 Å². The molecule has 0 amide bonds. The normalized spacial score (nSPS) is 13.2. The predicted molar refractivity (Wildman–Crippen MR) is 55.0 cm³/mol. The van der Waals surface area contributed by atoms with E-state index in [4.69, 9.17) is 17.3 Å². The van der Waals surface area contributed by atoms with Crippen LogP contribution in [0.5, 0.6) is 0 Å². The lowest BCUT2D eigenvalue weighted by Gasteiger charge is -2.11. The molecule has 0 saturated heterocycles. The van der Waals surface area contributed by atoms with Crippen molar-refractivity contribution < 1.29 is 0 Å². The third-order valence-electron chi connectivity index (χ3n) is 2.09. The first-order valence-electron chi connectivity index (χ1n) is 4.62. The molecule has 0 aliphatic rings. The van der Waals surface area contributed by atoms with Crippen LogP contribution >= 0.6 is 11.6 Å². The highest BCUT2D eigenvalue weighted by Crippen LogP contribution is 2.23. The van der Waals surface area contributed by atoms with E-state index < -0.39 is 0 Å². The maximum absolute atomic E-state index is 6.02. The van der Waals surface area contributed by atoms with E-state index in [9.17, 15) is 0 Å². The Balaban J connectivity index is 2.93. The van der Waals surface area contributed by atoms with Gasteiger partial charge in [-0.2, -0.15) is 5.10 Å². The largest absolute Gasteiger partial charge is 0.330 e. The smallest absolute Gasteiger partial charge is 0.0821 e. The summed E-state index contributed by atoms with van der Waals surface area (Å²) < 4.78 is 1.94. The number of aryl methyl sites for hydroxylation is 1. The monoisotopic (exact) mass is 201 g/mol. The van der Waals surface area contributed by atoms with Crippen LogP contribution in [-0.4, -0.2) is 16.3 Å². The molecule has 3 nitrogen and oxygen atoms in total. The highest BCUT2D eigenvalue weighted by molar-refractivity contribution is 6.31. The Kier molecular flexibility index (Phi) is 3.75. The molecule has 1 aromatic rings. The van der Waals surface area contributed by atoms with Crippen molar-refractivity contribution in [2.24, 2.45) is 5.73 Å². The van der Waals surface area contributed by atoms with Crippen molar-refractivity contribution in [3.05, 3.63) is 16.9 Å². The number of rotatable bonds is 4. The number of hydrogen-bond acceptors (Lipinski definition) is 2. The van der Waals surface area contributed by atoms with Crippen molar-refractivity contribution in [1.82, 2.24) is 9.78 Å². The minimum Gasteiger partial charge on any atom is -0.330 e. The fourth-order valence-electron chi connectivity index (χ4n) is 1.36. The molecule has 2 N–H and O–H groups in total. The second-order valence-corrected chi connectivity index (χ2v) is 3.64. The molecule has 13 heavy (non-hydrogen) atoms. The molecule has 0 saturated carbocycles. The molecule has 0 spiro atoms. The first kappa shape index (κ1) is 10.5. The van der Waals surface area contributed by atoms with Crippen molar-refractivity contribution in [1.29, 1.82) is 0 Å². The Bertz CT molecular complexity index is 270. The summed E-state index contributed by atoms with van der Waals surface area (Å²) in [5, 5.41) is 4.93. The fourth-order valence-corrected chi connectivity index (χ4v) is 1.69. The van der Waals surface area contributed by atoms with Gasteiger partial charge in [-0.05, 0) is 6.42 Å². The van der Waals surface area contributed by atoms with Gasteiger partial charge in [0.1, 0.15) is 0 Å². The van der Waals surface area contributed by atoms with Crippen LogP contribution in [0.2, 0.25) is 5.02 Å². The van der Waals surface area contributed by atoms with Gasteiger partial charge in [-0.1, -0.05) is 25.4 Å². The van der Waals surface area contributed by atoms with E-state index in [-0.39, 0.29) is 5.92 Å². The van der Waals surface area contributed by atoms with Gasteiger partial charge in [0.15, 0.2) is 0 Å². The van der Waals surface area contributed by atoms with Crippen molar-refractivity contribution in [2.75, 3.05) is 6.54 Å². The Morgan fingerprint density at radius 3 is 2.92 bits per heavy atom. The summed E-state index contributed by atoms with van der Waals surface area (Å²) in [4.78, 5) is 0. The summed E-state index contributed by atoms with van der Waals surface area (Å²) in [6, 6.07) is 0. The van der Waals surface area contributed by atoms with E-state index in [2.05, 4.69) is 18.9 Å². The van der Waals surface area contributed by atoms with Crippen LogP contribution in [0.15, 0.2) is 6.20 Å². The Labute approximate surface area is 83.9 Å². The van der Waals surface area contributed by atoms with Crippen molar-refractivity contribution in [3.8, 4) is 0 Å². The molecule has 0 aromatic carbocycles. The summed E-state index contributed by atoms with van der Waals surface area (Å²) in [6.07, 6.45) is 2.75. The zero-order chi connectivity index (χ0) is 9.84. The molecule has 1 heterocycles. The van der Waals surface area contributed by atoms with Gasteiger partial charge in [-0.3, -0.25) is 4.68 Å². The average Bonchev–Trinajstić information content (AvgIpc) is 2.47. The summed E-state index contributed by atoms with van der Waals surface area (Å²) in [6.45, 7) is 5.70. The molecular weight excluding hydrogens is 186 g/mol. The second kappa shape index (κ2) is 4.63. The Morgan fingerprint density at radius 2 is 2.38 bits per heavy atom. The third-order valence-corrected chi connectivity index (χ3v) is 2.38. The highest BCUT2D eigenvalue weighted by Gasteiger charge is 2.14. The topological polar surface area (TPSA) is 43.8 Å². The maximum atomic E-state index is 6.02. The standard InChI is InChI=1S/C9H16ClN3/c1-3-4-13-9(7(2)5-11)8(10)6-12-13/h6-7H,3-5,11H2,1-2H3. The minimum atomic E-state index is 0.279. The first-order valence-corrected chi connectivity index (χ1v) is 4.99. The zero-order valence-electron chi connectivity index (χ0n) is 8.13. The van der Waals surface area contributed by atoms with E-state index in [1.165, 1.54) is 0 Å². The molecule has 1 atom stereocenters. The lowest BCUT2D eigenvalue weighted by Crippen LogP contribution is -2.15. The molecule has 0 aliphatic heterocycles. The van der Waals surface area contributed by atoms with Gasteiger partial charge in [-0.25, -0.2) is 0 Å². The molecule has 4 heteroatoms. The maximum Gasteiger partial charge on any atom is 0.0821 e. The van der Waals surface area contributed by atoms with Crippen molar-refractivity contribution >= 4 is 11.6 Å². The average molecular weight is 202 g/mol. The molecule has 0 fully saturated rings. The Hall–Kier alpha value is -0.540. The molecule has 1 aromatic heterocycles. The van der Waals surface area contributed by atoms with Crippen molar-refractivity contribution in [3.63, 3.8) is 0 Å². The molecule has 74 valence electrons. The number of nitrogens with two attached hydrogens (primary N) is 1. The molecular formula is C9H16ClN3. The van der Waals surface area contributed by atoms with Crippen molar-refractivity contribution in [2.45, 2.75) is 32.7 Å². The highest BCUT2D eigenvalue weighted by atomic mass is 35.5. The van der Waals surface area contributed by atoms with E-state index in [1.807, 2.05) is 4.68 Å². The number of hydrogen-bond donors (Lipinski definition) is 1. The predicted octanol–water partition coefficient (Wildman–Crippen LogP) is 2.01. The van der Waals surface area contributed by atoms with E-state index in [1.54, 1.807) is 6.20 Å². The molecule has 1 unspecified atom stereocenters. The summed E-state index contributed by atoms with van der Waals surface area (Å²) >= 11 is 6.02. The molecule has 1 rings (SSSR count). The van der Waals surface area contributed by atoms with E-state index in [0.717, 1.165) is 23.7 Å². The minimum absolute atomic E-state index is 0.279. The molecule has 0 radical (unpaired) electrons. The van der Waals surface area contributed by atoms with Gasteiger partial charge >= 0.3 is 0 Å². The van der Waals surface area contributed by atoms with Crippen LogP contribution < -0.4 is 5.73 Å². The third kappa shape index (κ3) is 2.23. The summed E-state index contributed by atoms with van der Waals surface area (Å²) in [5.74, 6) is 0.279. The van der Waals surface area contributed by atoms with Gasteiger partial charge in [0.2, 0.25) is 0 Å². The summed E-state index contributed by atoms with van der Waals surface area (Å²) in [7, 11) is 0. The van der Waals surface area contributed by atoms with Gasteiger partial charge in [0, 0.05) is 19.0 Å². The number of halogens is 1. The number of aromatic nitrogens is 2. The van der Waals surface area contributed by atoms with Crippen LogP contribution in [0.3, 0.4) is 0 Å².